The molecule has 0 aliphatic rings. The monoisotopic (exact) mass is 326 g/mol. The summed E-state index contributed by atoms with van der Waals surface area (Å²) < 4.78 is 6.88. The Morgan fingerprint density at radius 3 is 3.04 bits per heavy atom. The molecule has 1 amide bonds. The van der Waals surface area contributed by atoms with Crippen LogP contribution in [0.3, 0.4) is 0 Å². The highest BCUT2D eigenvalue weighted by Gasteiger charge is 2.09. The Bertz CT molecular complexity index is 933. The van der Waals surface area contributed by atoms with E-state index < -0.39 is 0 Å². The first-order valence-corrected chi connectivity index (χ1v) is 7.63. The molecule has 3 aromatic rings. The van der Waals surface area contributed by atoms with Gasteiger partial charge in [-0.25, -0.2) is 4.68 Å². The Hall–Kier alpha value is -3.09. The van der Waals surface area contributed by atoms with Crippen molar-refractivity contribution >= 4 is 23.0 Å². The zero-order valence-corrected chi connectivity index (χ0v) is 13.4. The molecule has 7 heteroatoms. The van der Waals surface area contributed by atoms with Gasteiger partial charge in [-0.1, -0.05) is 0 Å². The summed E-state index contributed by atoms with van der Waals surface area (Å²) in [7, 11) is 0. The Morgan fingerprint density at radius 1 is 1.50 bits per heavy atom. The normalized spacial score (nSPS) is 11.6. The number of rotatable bonds is 5. The third kappa shape index (κ3) is 3.29. The lowest BCUT2D eigenvalue weighted by atomic mass is 10.2. The summed E-state index contributed by atoms with van der Waals surface area (Å²) >= 11 is 0. The summed E-state index contributed by atoms with van der Waals surface area (Å²) in [5.41, 5.74) is 0.813. The number of nitrogens with one attached hydrogen (secondary N) is 2. The van der Waals surface area contributed by atoms with Gasteiger partial charge in [-0.3, -0.25) is 9.59 Å². The van der Waals surface area contributed by atoms with Crippen molar-refractivity contribution in [1.82, 2.24) is 20.1 Å². The second-order valence-corrected chi connectivity index (χ2v) is 5.67. The Labute approximate surface area is 138 Å². The maximum atomic E-state index is 12.2. The van der Waals surface area contributed by atoms with Gasteiger partial charge in [0.15, 0.2) is 0 Å². The number of nitrogens with zero attached hydrogens (tertiary/aromatic N) is 2. The van der Waals surface area contributed by atoms with Gasteiger partial charge in [0, 0.05) is 23.1 Å². The minimum Gasteiger partial charge on any atom is -0.467 e. The van der Waals surface area contributed by atoms with Crippen LogP contribution in [0.5, 0.6) is 0 Å². The minimum atomic E-state index is -0.302. The third-order valence-electron chi connectivity index (χ3n) is 3.55. The predicted molar refractivity (Wildman–Crippen MR) is 90.3 cm³/mol. The number of pyridine rings is 1. The number of hydrogen-bond acceptors (Lipinski definition) is 4. The summed E-state index contributed by atoms with van der Waals surface area (Å²) in [5.74, 6) is 0.362. The standard InChI is InChI=1S/C17H18N4O3/c1-11(2)21-16-13(9-19-21)8-12(17(23)20-16)5-6-15(22)18-10-14-4-3-7-24-14/h3-9,11H,10H2,1-2H3,(H,18,22)(H,20,23). The topological polar surface area (TPSA) is 92.9 Å². The molecule has 0 atom stereocenters. The molecule has 0 spiro atoms. The van der Waals surface area contributed by atoms with Crippen molar-refractivity contribution in [1.29, 1.82) is 0 Å². The number of carbonyl (C=O) groups is 1. The van der Waals surface area contributed by atoms with Crippen LogP contribution in [0.1, 0.15) is 31.2 Å². The molecule has 0 fully saturated rings. The number of aromatic amines is 1. The summed E-state index contributed by atoms with van der Waals surface area (Å²) in [6, 6.07) is 5.39. The molecular formula is C17H18N4O3. The molecule has 0 bridgehead atoms. The minimum absolute atomic E-state index is 0.145. The molecule has 0 aromatic carbocycles. The molecule has 124 valence electrons. The van der Waals surface area contributed by atoms with Crippen molar-refractivity contribution in [2.75, 3.05) is 0 Å². The zero-order chi connectivity index (χ0) is 17.1. The van der Waals surface area contributed by atoms with Crippen LogP contribution in [0, 0.1) is 0 Å². The first-order chi connectivity index (χ1) is 11.5. The quantitative estimate of drug-likeness (QED) is 0.703. The number of furan rings is 1. The lowest BCUT2D eigenvalue weighted by Gasteiger charge is -2.06. The van der Waals surface area contributed by atoms with Gasteiger partial charge in [-0.15, -0.1) is 0 Å². The maximum absolute atomic E-state index is 12.2. The molecule has 0 aliphatic heterocycles. The Balaban J connectivity index is 1.75. The van der Waals surface area contributed by atoms with Gasteiger partial charge in [0.1, 0.15) is 11.4 Å². The van der Waals surface area contributed by atoms with E-state index in [1.54, 1.807) is 35.3 Å². The molecule has 24 heavy (non-hydrogen) atoms. The fraction of sp³-hybridized carbons (Fsp3) is 0.235. The SMILES string of the molecule is CC(C)n1ncc2cc(C=CC(=O)NCc3ccco3)c(=O)[nH]c21. The van der Waals surface area contributed by atoms with E-state index >= 15 is 0 Å². The van der Waals surface area contributed by atoms with Crippen LogP contribution >= 0.6 is 0 Å². The van der Waals surface area contributed by atoms with Crippen LogP contribution in [0.4, 0.5) is 0 Å². The van der Waals surface area contributed by atoms with Gasteiger partial charge < -0.3 is 14.7 Å². The van der Waals surface area contributed by atoms with Crippen LogP contribution in [0.2, 0.25) is 0 Å². The summed E-state index contributed by atoms with van der Waals surface area (Å²) in [4.78, 5) is 26.8. The van der Waals surface area contributed by atoms with Crippen LogP contribution in [0.15, 0.2) is 45.9 Å². The smallest absolute Gasteiger partial charge is 0.256 e. The molecule has 7 nitrogen and oxygen atoms in total. The van der Waals surface area contributed by atoms with E-state index in [2.05, 4.69) is 15.4 Å². The van der Waals surface area contributed by atoms with Crippen molar-refractivity contribution in [3.05, 3.63) is 58.4 Å². The van der Waals surface area contributed by atoms with Gasteiger partial charge in [0.25, 0.3) is 5.56 Å². The molecule has 0 aliphatic carbocycles. The number of aromatic nitrogens is 3. The van der Waals surface area contributed by atoms with Gasteiger partial charge in [0.05, 0.1) is 19.0 Å². The molecule has 2 N–H and O–H groups in total. The first kappa shape index (κ1) is 15.8. The molecular weight excluding hydrogens is 308 g/mol. The fourth-order valence-electron chi connectivity index (χ4n) is 2.35. The third-order valence-corrected chi connectivity index (χ3v) is 3.55. The zero-order valence-electron chi connectivity index (χ0n) is 13.4. The van der Waals surface area contributed by atoms with Gasteiger partial charge in [-0.05, 0) is 38.1 Å². The summed E-state index contributed by atoms with van der Waals surface area (Å²) in [5, 5.41) is 7.76. The van der Waals surface area contributed by atoms with E-state index in [4.69, 9.17) is 4.42 Å². The van der Waals surface area contributed by atoms with Crippen LogP contribution in [-0.2, 0) is 11.3 Å². The molecule has 3 rings (SSSR count). The number of fused-ring (bicyclic) bond motifs is 1. The van der Waals surface area contributed by atoms with E-state index in [1.165, 1.54) is 12.2 Å². The van der Waals surface area contributed by atoms with Crippen molar-refractivity contribution in [3.8, 4) is 0 Å². The highest BCUT2D eigenvalue weighted by Crippen LogP contribution is 2.15. The summed E-state index contributed by atoms with van der Waals surface area (Å²) in [6.45, 7) is 4.27. The van der Waals surface area contributed by atoms with Crippen molar-refractivity contribution in [3.63, 3.8) is 0 Å². The second-order valence-electron chi connectivity index (χ2n) is 5.67. The van der Waals surface area contributed by atoms with Crippen LogP contribution in [0.25, 0.3) is 17.1 Å². The maximum Gasteiger partial charge on any atom is 0.256 e. The first-order valence-electron chi connectivity index (χ1n) is 7.63. The largest absolute Gasteiger partial charge is 0.467 e. The molecule has 3 heterocycles. The summed E-state index contributed by atoms with van der Waals surface area (Å²) in [6.07, 6.45) is 6.05. The average molecular weight is 326 g/mol. The molecule has 0 radical (unpaired) electrons. The van der Waals surface area contributed by atoms with Crippen molar-refractivity contribution in [2.45, 2.75) is 26.4 Å². The number of amides is 1. The molecule has 3 aromatic heterocycles. The molecule has 0 saturated carbocycles. The van der Waals surface area contributed by atoms with Crippen LogP contribution < -0.4 is 10.9 Å². The number of H-pyrrole nitrogens is 1. The van der Waals surface area contributed by atoms with E-state index in [9.17, 15) is 9.59 Å². The highest BCUT2D eigenvalue weighted by molar-refractivity contribution is 5.92. The van der Waals surface area contributed by atoms with E-state index in [0.29, 0.717) is 23.5 Å². The second kappa shape index (κ2) is 6.57. The number of carbonyl (C=O) groups excluding carboxylic acids is 1. The van der Waals surface area contributed by atoms with Crippen molar-refractivity contribution in [2.24, 2.45) is 0 Å². The van der Waals surface area contributed by atoms with Crippen LogP contribution in [-0.4, -0.2) is 20.7 Å². The Morgan fingerprint density at radius 2 is 2.33 bits per heavy atom. The molecule has 0 saturated heterocycles. The highest BCUT2D eigenvalue weighted by atomic mass is 16.3. The van der Waals surface area contributed by atoms with E-state index in [-0.39, 0.29) is 17.5 Å². The Kier molecular flexibility index (Phi) is 4.33. The van der Waals surface area contributed by atoms with E-state index in [1.807, 2.05) is 13.8 Å². The van der Waals surface area contributed by atoms with Gasteiger partial charge in [0.2, 0.25) is 5.91 Å². The van der Waals surface area contributed by atoms with Crippen molar-refractivity contribution < 1.29 is 9.21 Å². The predicted octanol–water partition coefficient (Wildman–Crippen LogP) is 2.23. The lowest BCUT2D eigenvalue weighted by molar-refractivity contribution is -0.116. The lowest BCUT2D eigenvalue weighted by Crippen LogP contribution is -2.20. The number of hydrogen-bond donors (Lipinski definition) is 2. The van der Waals surface area contributed by atoms with Gasteiger partial charge in [-0.2, -0.15) is 5.10 Å². The van der Waals surface area contributed by atoms with Gasteiger partial charge >= 0.3 is 0 Å². The average Bonchev–Trinajstić information content (AvgIpc) is 3.19. The fourth-order valence-corrected chi connectivity index (χ4v) is 2.35. The molecule has 0 unspecified atom stereocenters. The van der Waals surface area contributed by atoms with E-state index in [0.717, 1.165) is 5.39 Å².